The molecule has 0 bridgehead atoms. The first-order valence-corrected chi connectivity index (χ1v) is 8.94. The van der Waals surface area contributed by atoms with Crippen molar-refractivity contribution in [2.45, 2.75) is 25.6 Å². The predicted molar refractivity (Wildman–Crippen MR) is 93.6 cm³/mol. The van der Waals surface area contributed by atoms with E-state index in [9.17, 15) is 0 Å². The zero-order valence-corrected chi connectivity index (χ0v) is 13.6. The minimum atomic E-state index is 0.476. The van der Waals surface area contributed by atoms with Crippen LogP contribution in [0.15, 0.2) is 48.5 Å². The Bertz CT molecular complexity index is 594. The van der Waals surface area contributed by atoms with E-state index in [-0.39, 0.29) is 0 Å². The summed E-state index contributed by atoms with van der Waals surface area (Å²) in [5, 5.41) is 3.70. The quantitative estimate of drug-likeness (QED) is 0.866. The highest BCUT2D eigenvalue weighted by Crippen LogP contribution is 2.36. The van der Waals surface area contributed by atoms with Gasteiger partial charge in [-0.15, -0.1) is 0 Å². The van der Waals surface area contributed by atoms with Gasteiger partial charge in [0.05, 0.1) is 0 Å². The first-order valence-electron chi connectivity index (χ1n) is 7.79. The van der Waals surface area contributed by atoms with Crippen LogP contribution in [0.4, 0.5) is 0 Å². The van der Waals surface area contributed by atoms with Crippen molar-refractivity contribution in [2.24, 2.45) is 5.92 Å². The van der Waals surface area contributed by atoms with Gasteiger partial charge in [0, 0.05) is 11.8 Å². The monoisotopic (exact) mass is 297 g/mol. The molecular weight excluding hydrogens is 274 g/mol. The maximum Gasteiger partial charge on any atom is 0.0357 e. The van der Waals surface area contributed by atoms with Crippen molar-refractivity contribution >= 4 is 11.8 Å². The number of fused-ring (bicyclic) bond motifs is 1. The fraction of sp³-hybridized carbons (Fsp3) is 0.368. The highest BCUT2D eigenvalue weighted by molar-refractivity contribution is 7.98. The third kappa shape index (κ3) is 3.17. The van der Waals surface area contributed by atoms with Gasteiger partial charge in [-0.25, -0.2) is 0 Å². The van der Waals surface area contributed by atoms with Crippen LogP contribution >= 0.6 is 11.8 Å². The lowest BCUT2D eigenvalue weighted by atomic mass is 9.90. The Hall–Kier alpha value is -1.25. The largest absolute Gasteiger partial charge is 0.310 e. The van der Waals surface area contributed by atoms with E-state index in [1.54, 1.807) is 0 Å². The van der Waals surface area contributed by atoms with Gasteiger partial charge < -0.3 is 5.32 Å². The zero-order valence-electron chi connectivity index (χ0n) is 12.8. The van der Waals surface area contributed by atoms with Crippen molar-refractivity contribution in [2.75, 3.05) is 12.3 Å². The maximum absolute atomic E-state index is 3.70. The van der Waals surface area contributed by atoms with E-state index in [0.717, 1.165) is 12.3 Å². The van der Waals surface area contributed by atoms with E-state index in [4.69, 9.17) is 0 Å². The molecule has 2 atom stereocenters. The first-order chi connectivity index (χ1) is 10.3. The summed E-state index contributed by atoms with van der Waals surface area (Å²) in [6, 6.07) is 18.2. The molecular formula is C19H23NS. The molecule has 2 aromatic rings. The summed E-state index contributed by atoms with van der Waals surface area (Å²) >= 11 is 2.06. The van der Waals surface area contributed by atoms with E-state index in [0.29, 0.717) is 12.0 Å². The van der Waals surface area contributed by atoms with Crippen LogP contribution in [0.1, 0.15) is 31.0 Å². The Morgan fingerprint density at radius 3 is 2.67 bits per heavy atom. The SMILES string of the molecule is CCNC1c2cc(-c3ccccc3)ccc2CSCC1C. The van der Waals surface area contributed by atoms with Crippen LogP contribution in [0.5, 0.6) is 0 Å². The van der Waals surface area contributed by atoms with Crippen LogP contribution in [-0.4, -0.2) is 12.3 Å². The van der Waals surface area contributed by atoms with Crippen LogP contribution in [0, 0.1) is 5.92 Å². The van der Waals surface area contributed by atoms with Gasteiger partial charge in [-0.3, -0.25) is 0 Å². The minimum Gasteiger partial charge on any atom is -0.310 e. The summed E-state index contributed by atoms with van der Waals surface area (Å²) in [4.78, 5) is 0. The first kappa shape index (κ1) is 14.7. The molecule has 2 unspecified atom stereocenters. The molecule has 0 fully saturated rings. The number of thioether (sulfide) groups is 1. The van der Waals surface area contributed by atoms with Crippen LogP contribution < -0.4 is 5.32 Å². The molecule has 0 radical (unpaired) electrons. The van der Waals surface area contributed by atoms with Gasteiger partial charge in [-0.2, -0.15) is 11.8 Å². The molecule has 0 spiro atoms. The molecule has 2 heteroatoms. The third-order valence-corrected chi connectivity index (χ3v) is 5.50. The Morgan fingerprint density at radius 1 is 1.10 bits per heavy atom. The highest BCUT2D eigenvalue weighted by atomic mass is 32.2. The molecule has 1 N–H and O–H groups in total. The molecule has 0 amide bonds. The Balaban J connectivity index is 2.04. The fourth-order valence-corrected chi connectivity index (χ4v) is 4.28. The number of nitrogens with one attached hydrogen (secondary N) is 1. The molecule has 0 aromatic heterocycles. The molecule has 1 aliphatic rings. The molecule has 21 heavy (non-hydrogen) atoms. The van der Waals surface area contributed by atoms with Gasteiger partial charge in [-0.05, 0) is 46.5 Å². The molecule has 1 nitrogen and oxygen atoms in total. The average molecular weight is 297 g/mol. The molecule has 1 heterocycles. The van der Waals surface area contributed by atoms with Crippen molar-refractivity contribution < 1.29 is 0 Å². The fourth-order valence-electron chi connectivity index (χ4n) is 3.11. The summed E-state index contributed by atoms with van der Waals surface area (Å²) in [6.07, 6.45) is 0. The van der Waals surface area contributed by atoms with Crippen LogP contribution in [0.2, 0.25) is 0 Å². The lowest BCUT2D eigenvalue weighted by molar-refractivity contribution is 0.428. The summed E-state index contributed by atoms with van der Waals surface area (Å²) in [7, 11) is 0. The predicted octanol–water partition coefficient (Wildman–Crippen LogP) is 4.89. The van der Waals surface area contributed by atoms with Crippen LogP contribution in [-0.2, 0) is 5.75 Å². The normalized spacial score (nSPS) is 21.6. The highest BCUT2D eigenvalue weighted by Gasteiger charge is 2.24. The Morgan fingerprint density at radius 2 is 1.90 bits per heavy atom. The number of rotatable bonds is 3. The molecule has 0 aliphatic carbocycles. The molecule has 0 saturated carbocycles. The minimum absolute atomic E-state index is 0.476. The summed E-state index contributed by atoms with van der Waals surface area (Å²) in [5.41, 5.74) is 5.63. The average Bonchev–Trinajstić information content (AvgIpc) is 2.68. The topological polar surface area (TPSA) is 12.0 Å². The van der Waals surface area contributed by atoms with Crippen molar-refractivity contribution in [3.05, 3.63) is 59.7 Å². The van der Waals surface area contributed by atoms with Crippen molar-refractivity contribution in [3.63, 3.8) is 0 Å². The van der Waals surface area contributed by atoms with E-state index < -0.39 is 0 Å². The second-order valence-corrected chi connectivity index (χ2v) is 6.84. The van der Waals surface area contributed by atoms with Crippen molar-refractivity contribution in [3.8, 4) is 11.1 Å². The van der Waals surface area contributed by atoms with E-state index in [1.807, 2.05) is 0 Å². The Kier molecular flexibility index (Phi) is 4.67. The molecule has 2 aromatic carbocycles. The smallest absolute Gasteiger partial charge is 0.0357 e. The number of benzene rings is 2. The van der Waals surface area contributed by atoms with E-state index >= 15 is 0 Å². The van der Waals surface area contributed by atoms with Gasteiger partial charge >= 0.3 is 0 Å². The number of hydrogen-bond donors (Lipinski definition) is 1. The Labute approximate surface area is 132 Å². The van der Waals surface area contributed by atoms with Gasteiger partial charge in [0.2, 0.25) is 0 Å². The summed E-state index contributed by atoms with van der Waals surface area (Å²) in [5.74, 6) is 3.03. The summed E-state index contributed by atoms with van der Waals surface area (Å²) < 4.78 is 0. The van der Waals surface area contributed by atoms with Crippen molar-refractivity contribution in [1.29, 1.82) is 0 Å². The summed E-state index contributed by atoms with van der Waals surface area (Å²) in [6.45, 7) is 5.59. The lowest BCUT2D eigenvalue weighted by Gasteiger charge is -2.24. The van der Waals surface area contributed by atoms with Crippen molar-refractivity contribution in [1.82, 2.24) is 5.32 Å². The third-order valence-electron chi connectivity index (χ3n) is 4.22. The zero-order chi connectivity index (χ0) is 14.7. The lowest BCUT2D eigenvalue weighted by Crippen LogP contribution is -2.27. The molecule has 1 aliphatic heterocycles. The maximum atomic E-state index is 3.70. The standard InChI is InChI=1S/C19H23NS/c1-3-20-19-14(2)12-21-13-17-10-9-16(11-18(17)19)15-7-5-4-6-8-15/h4-11,14,19-20H,3,12-13H2,1-2H3. The van der Waals surface area contributed by atoms with Gasteiger partial charge in [0.1, 0.15) is 0 Å². The van der Waals surface area contributed by atoms with Crippen LogP contribution in [0.25, 0.3) is 11.1 Å². The molecule has 0 saturated heterocycles. The number of hydrogen-bond acceptors (Lipinski definition) is 2. The van der Waals surface area contributed by atoms with Crippen LogP contribution in [0.3, 0.4) is 0 Å². The second kappa shape index (κ2) is 6.67. The van der Waals surface area contributed by atoms with Gasteiger partial charge in [0.25, 0.3) is 0 Å². The molecule has 3 rings (SSSR count). The second-order valence-electron chi connectivity index (χ2n) is 5.81. The van der Waals surface area contributed by atoms with Gasteiger partial charge in [0.15, 0.2) is 0 Å². The molecule has 110 valence electrons. The van der Waals surface area contributed by atoms with E-state index in [1.165, 1.54) is 28.0 Å². The van der Waals surface area contributed by atoms with E-state index in [2.05, 4.69) is 79.5 Å². The van der Waals surface area contributed by atoms with Gasteiger partial charge in [-0.1, -0.05) is 56.3 Å².